The van der Waals surface area contributed by atoms with Gasteiger partial charge in [-0.1, -0.05) is 42.8 Å². The van der Waals surface area contributed by atoms with Crippen molar-refractivity contribution in [2.45, 2.75) is 38.8 Å². The highest BCUT2D eigenvalue weighted by molar-refractivity contribution is 6.30. The van der Waals surface area contributed by atoms with E-state index in [0.29, 0.717) is 29.0 Å². The summed E-state index contributed by atoms with van der Waals surface area (Å²) >= 11 is 5.96. The van der Waals surface area contributed by atoms with Crippen LogP contribution in [0.4, 0.5) is 0 Å². The molecule has 0 saturated heterocycles. The first-order chi connectivity index (χ1) is 15.4. The third-order valence-electron chi connectivity index (χ3n) is 5.55. The molecule has 0 fully saturated rings. The van der Waals surface area contributed by atoms with Crippen LogP contribution < -0.4 is 5.32 Å². The predicted octanol–water partition coefficient (Wildman–Crippen LogP) is 3.27. The zero-order valence-electron chi connectivity index (χ0n) is 18.1. The van der Waals surface area contributed by atoms with Crippen LogP contribution in [-0.4, -0.2) is 53.1 Å². The molecule has 0 unspecified atom stereocenters. The molecule has 2 aromatic rings. The van der Waals surface area contributed by atoms with E-state index in [1.807, 2.05) is 19.1 Å². The van der Waals surface area contributed by atoms with Crippen molar-refractivity contribution in [2.24, 2.45) is 0 Å². The minimum absolute atomic E-state index is 0.106. The Morgan fingerprint density at radius 2 is 1.62 bits per heavy atom. The first-order valence-electron chi connectivity index (χ1n) is 10.6. The van der Waals surface area contributed by atoms with Crippen molar-refractivity contribution in [1.82, 2.24) is 15.1 Å². The molecule has 4 amide bonds. The number of carbonyl (C=O) groups excluding carboxylic acids is 4. The van der Waals surface area contributed by atoms with Crippen LogP contribution in [0.5, 0.6) is 0 Å². The predicted molar refractivity (Wildman–Crippen MR) is 121 cm³/mol. The summed E-state index contributed by atoms with van der Waals surface area (Å²) in [6.07, 6.45) is 0.873. The molecule has 0 saturated carbocycles. The lowest BCUT2D eigenvalue weighted by Crippen LogP contribution is -2.48. The van der Waals surface area contributed by atoms with Gasteiger partial charge in [0, 0.05) is 31.6 Å². The minimum Gasteiger partial charge on any atom is -0.357 e. The summed E-state index contributed by atoms with van der Waals surface area (Å²) < 4.78 is 0. The summed E-state index contributed by atoms with van der Waals surface area (Å²) in [4.78, 5) is 53.3. The van der Waals surface area contributed by atoms with Crippen LogP contribution in [-0.2, 0) is 16.1 Å². The molecule has 0 aliphatic carbocycles. The Morgan fingerprint density at radius 3 is 2.16 bits per heavy atom. The molecular weight excluding hydrogens is 430 g/mol. The average Bonchev–Trinajstić information content (AvgIpc) is 3.05. The van der Waals surface area contributed by atoms with E-state index in [-0.39, 0.29) is 43.1 Å². The molecule has 0 spiro atoms. The van der Waals surface area contributed by atoms with E-state index in [0.717, 1.165) is 5.56 Å². The highest BCUT2D eigenvalue weighted by atomic mass is 35.5. The largest absolute Gasteiger partial charge is 0.357 e. The van der Waals surface area contributed by atoms with Gasteiger partial charge in [-0.25, -0.2) is 0 Å². The maximum absolute atomic E-state index is 13.1. The van der Waals surface area contributed by atoms with E-state index in [1.165, 1.54) is 11.9 Å². The van der Waals surface area contributed by atoms with Gasteiger partial charge in [0.05, 0.1) is 11.1 Å². The first kappa shape index (κ1) is 23.5. The maximum Gasteiger partial charge on any atom is 0.261 e. The maximum atomic E-state index is 13.1. The Morgan fingerprint density at radius 1 is 1.03 bits per heavy atom. The summed E-state index contributed by atoms with van der Waals surface area (Å²) in [5.41, 5.74) is 1.63. The zero-order chi connectivity index (χ0) is 23.3. The normalized spacial score (nSPS) is 13.7. The van der Waals surface area contributed by atoms with Crippen molar-refractivity contribution in [3.8, 4) is 0 Å². The Bertz CT molecular complexity index is 987. The van der Waals surface area contributed by atoms with E-state index in [1.54, 1.807) is 41.3 Å². The Labute approximate surface area is 192 Å². The molecule has 1 atom stereocenters. The van der Waals surface area contributed by atoms with E-state index >= 15 is 0 Å². The number of benzene rings is 2. The van der Waals surface area contributed by atoms with Crippen molar-refractivity contribution in [2.75, 3.05) is 13.6 Å². The number of imide groups is 1. The summed E-state index contributed by atoms with van der Waals surface area (Å²) in [6, 6.07) is 13.2. The molecule has 3 rings (SSSR count). The third-order valence-corrected chi connectivity index (χ3v) is 5.80. The molecule has 7 nitrogen and oxygen atoms in total. The Hall–Kier alpha value is -3.19. The average molecular weight is 456 g/mol. The molecular formula is C24H26ClN3O4. The molecule has 32 heavy (non-hydrogen) atoms. The summed E-state index contributed by atoms with van der Waals surface area (Å²) in [6.45, 7) is 2.25. The van der Waals surface area contributed by atoms with Gasteiger partial charge in [-0.3, -0.25) is 24.1 Å². The lowest BCUT2D eigenvalue weighted by Gasteiger charge is -2.30. The fourth-order valence-electron chi connectivity index (χ4n) is 3.85. The quantitative estimate of drug-likeness (QED) is 0.588. The fourth-order valence-corrected chi connectivity index (χ4v) is 3.97. The molecule has 0 bridgehead atoms. The molecule has 2 aromatic carbocycles. The monoisotopic (exact) mass is 455 g/mol. The van der Waals surface area contributed by atoms with Gasteiger partial charge >= 0.3 is 0 Å². The molecule has 1 heterocycles. The minimum atomic E-state index is -0.623. The second-order valence-corrected chi connectivity index (χ2v) is 8.03. The zero-order valence-corrected chi connectivity index (χ0v) is 18.9. The van der Waals surface area contributed by atoms with Crippen LogP contribution in [0.3, 0.4) is 0 Å². The van der Waals surface area contributed by atoms with Crippen LogP contribution in [0, 0.1) is 0 Å². The SMILES string of the molecule is CC[C@@H](C(=O)NC)N(Cc1ccc(Cl)cc1)C(=O)CCCN1C(=O)c2ccccc2C1=O. The van der Waals surface area contributed by atoms with Gasteiger partial charge in [0.2, 0.25) is 11.8 Å². The number of hydrogen-bond acceptors (Lipinski definition) is 4. The standard InChI is InChI=1S/C24H26ClN3O4/c1-3-20(22(30)26-2)28(15-16-10-12-17(25)13-11-16)21(29)9-6-14-27-23(31)18-7-4-5-8-19(18)24(27)32/h4-5,7-8,10-13,20H,3,6,9,14-15H2,1-2H3,(H,26,30)/t20-/m0/s1. The van der Waals surface area contributed by atoms with E-state index in [9.17, 15) is 19.2 Å². The molecule has 1 N–H and O–H groups in total. The van der Waals surface area contributed by atoms with Crippen molar-refractivity contribution < 1.29 is 19.2 Å². The molecule has 8 heteroatoms. The lowest BCUT2D eigenvalue weighted by molar-refractivity contribution is -0.141. The number of nitrogens with one attached hydrogen (secondary N) is 1. The van der Waals surface area contributed by atoms with Crippen LogP contribution in [0.25, 0.3) is 0 Å². The number of nitrogens with zero attached hydrogens (tertiary/aromatic N) is 2. The summed E-state index contributed by atoms with van der Waals surface area (Å²) in [5, 5.41) is 3.21. The van der Waals surface area contributed by atoms with Gasteiger partial charge < -0.3 is 10.2 Å². The highest BCUT2D eigenvalue weighted by Crippen LogP contribution is 2.23. The van der Waals surface area contributed by atoms with Gasteiger partial charge in [-0.15, -0.1) is 0 Å². The molecule has 168 valence electrons. The fraction of sp³-hybridized carbons (Fsp3) is 0.333. The molecule has 1 aliphatic rings. The first-order valence-corrected chi connectivity index (χ1v) is 11.0. The van der Waals surface area contributed by atoms with Gasteiger partial charge in [-0.05, 0) is 42.7 Å². The number of amides is 4. The lowest BCUT2D eigenvalue weighted by atomic mass is 10.1. The van der Waals surface area contributed by atoms with Crippen LogP contribution in [0.2, 0.25) is 5.02 Å². The van der Waals surface area contributed by atoms with Crippen molar-refractivity contribution >= 4 is 35.2 Å². The number of likely N-dealkylation sites (N-methyl/N-ethyl adjacent to an activating group) is 1. The molecule has 1 aliphatic heterocycles. The third kappa shape index (κ3) is 4.99. The second-order valence-electron chi connectivity index (χ2n) is 7.60. The van der Waals surface area contributed by atoms with Crippen LogP contribution >= 0.6 is 11.6 Å². The smallest absolute Gasteiger partial charge is 0.261 e. The molecule has 0 radical (unpaired) electrons. The second kappa shape index (κ2) is 10.4. The highest BCUT2D eigenvalue weighted by Gasteiger charge is 2.35. The number of hydrogen-bond donors (Lipinski definition) is 1. The number of carbonyl (C=O) groups is 4. The van der Waals surface area contributed by atoms with Crippen molar-refractivity contribution in [3.63, 3.8) is 0 Å². The van der Waals surface area contributed by atoms with Crippen molar-refractivity contribution in [3.05, 3.63) is 70.2 Å². The van der Waals surface area contributed by atoms with Crippen LogP contribution in [0.1, 0.15) is 52.5 Å². The Balaban J connectivity index is 1.68. The van der Waals surface area contributed by atoms with Crippen LogP contribution in [0.15, 0.2) is 48.5 Å². The van der Waals surface area contributed by atoms with Gasteiger partial charge in [0.25, 0.3) is 11.8 Å². The van der Waals surface area contributed by atoms with Gasteiger partial charge in [0.15, 0.2) is 0 Å². The van der Waals surface area contributed by atoms with Gasteiger partial charge in [0.1, 0.15) is 6.04 Å². The number of halogens is 1. The number of rotatable bonds is 9. The van der Waals surface area contributed by atoms with Crippen molar-refractivity contribution in [1.29, 1.82) is 0 Å². The topological polar surface area (TPSA) is 86.8 Å². The molecule has 0 aromatic heterocycles. The Kier molecular flexibility index (Phi) is 7.64. The summed E-state index contributed by atoms with van der Waals surface area (Å²) in [7, 11) is 1.54. The number of fused-ring (bicyclic) bond motifs is 1. The van der Waals surface area contributed by atoms with Gasteiger partial charge in [-0.2, -0.15) is 0 Å². The van der Waals surface area contributed by atoms with E-state index in [4.69, 9.17) is 11.6 Å². The summed E-state index contributed by atoms with van der Waals surface area (Å²) in [5.74, 6) is -1.14. The van der Waals surface area contributed by atoms with E-state index < -0.39 is 6.04 Å². The van der Waals surface area contributed by atoms with E-state index in [2.05, 4.69) is 5.32 Å².